The number of hydrogen-bond acceptors (Lipinski definition) is 2. The van der Waals surface area contributed by atoms with Gasteiger partial charge in [-0.25, -0.2) is 0 Å². The number of anilines is 1. The summed E-state index contributed by atoms with van der Waals surface area (Å²) >= 11 is 0. The Kier molecular flexibility index (Phi) is 2.71. The first-order valence-corrected chi connectivity index (χ1v) is 5.89. The highest BCUT2D eigenvalue weighted by atomic mass is 19.4. The fourth-order valence-electron chi connectivity index (χ4n) is 2.04. The van der Waals surface area contributed by atoms with Crippen molar-refractivity contribution in [3.05, 3.63) is 60.2 Å². The van der Waals surface area contributed by atoms with E-state index >= 15 is 0 Å². The lowest BCUT2D eigenvalue weighted by Crippen LogP contribution is -2.05. The van der Waals surface area contributed by atoms with Crippen LogP contribution in [0.5, 0.6) is 11.5 Å². The van der Waals surface area contributed by atoms with Crippen LogP contribution in [0.15, 0.2) is 49.0 Å². The maximum atomic E-state index is 12.8. The van der Waals surface area contributed by atoms with E-state index in [0.29, 0.717) is 22.7 Å². The van der Waals surface area contributed by atoms with Crippen molar-refractivity contribution in [3.63, 3.8) is 0 Å². The van der Waals surface area contributed by atoms with Gasteiger partial charge in [0.15, 0.2) is 5.75 Å². The molecule has 0 atom stereocenters. The Bertz CT molecular complexity index is 692. The van der Waals surface area contributed by atoms with Crippen LogP contribution in [0, 0.1) is 0 Å². The van der Waals surface area contributed by atoms with E-state index in [-0.39, 0.29) is 5.75 Å². The summed E-state index contributed by atoms with van der Waals surface area (Å²) in [6, 6.07) is 10.4. The number of nitrogens with one attached hydrogen (secondary N) is 1. The first kappa shape index (κ1) is 12.6. The third-order valence-corrected chi connectivity index (χ3v) is 3.03. The standard InChI is InChI=1S/C15H10F3NO/c1-9-11-7-6-10(15(16,17)18)8-14(11)20-13-5-3-2-4-12(13)19-9/h2-8,19H,1H2. The van der Waals surface area contributed by atoms with E-state index in [1.165, 1.54) is 6.07 Å². The van der Waals surface area contributed by atoms with Crippen molar-refractivity contribution in [3.8, 4) is 11.5 Å². The summed E-state index contributed by atoms with van der Waals surface area (Å²) in [7, 11) is 0. The maximum absolute atomic E-state index is 12.8. The third kappa shape index (κ3) is 2.11. The van der Waals surface area contributed by atoms with E-state index in [9.17, 15) is 13.2 Å². The second kappa shape index (κ2) is 4.30. The third-order valence-electron chi connectivity index (χ3n) is 3.03. The van der Waals surface area contributed by atoms with E-state index in [2.05, 4.69) is 11.9 Å². The Labute approximate surface area is 113 Å². The van der Waals surface area contributed by atoms with Crippen LogP contribution in [0.4, 0.5) is 18.9 Å². The average Bonchev–Trinajstić information content (AvgIpc) is 2.53. The van der Waals surface area contributed by atoms with Gasteiger partial charge in [-0.3, -0.25) is 0 Å². The zero-order valence-corrected chi connectivity index (χ0v) is 10.3. The SMILES string of the molecule is C=C1Nc2ccccc2Oc2cc(C(F)(F)F)ccc21. The van der Waals surface area contributed by atoms with Gasteiger partial charge in [0.05, 0.1) is 11.3 Å². The minimum absolute atomic E-state index is 0.141. The van der Waals surface area contributed by atoms with Crippen LogP contribution in [0.1, 0.15) is 11.1 Å². The highest BCUT2D eigenvalue weighted by Crippen LogP contribution is 2.41. The number of hydrogen-bond donors (Lipinski definition) is 1. The quantitative estimate of drug-likeness (QED) is 0.740. The lowest BCUT2D eigenvalue weighted by Gasteiger charge is -2.12. The number of ether oxygens (including phenoxy) is 1. The topological polar surface area (TPSA) is 21.3 Å². The number of benzene rings is 2. The summed E-state index contributed by atoms with van der Waals surface area (Å²) in [5.74, 6) is 0.606. The maximum Gasteiger partial charge on any atom is 0.416 e. The molecule has 0 fully saturated rings. The van der Waals surface area contributed by atoms with Gasteiger partial charge in [-0.05, 0) is 30.3 Å². The van der Waals surface area contributed by atoms with E-state index in [0.717, 1.165) is 12.1 Å². The minimum atomic E-state index is -4.40. The predicted molar refractivity (Wildman–Crippen MR) is 70.6 cm³/mol. The van der Waals surface area contributed by atoms with E-state index < -0.39 is 11.7 Å². The molecule has 0 unspecified atom stereocenters. The summed E-state index contributed by atoms with van der Waals surface area (Å²) in [6.45, 7) is 3.83. The fourth-order valence-corrected chi connectivity index (χ4v) is 2.04. The Morgan fingerprint density at radius 2 is 1.75 bits per heavy atom. The molecule has 0 bridgehead atoms. The predicted octanol–water partition coefficient (Wildman–Crippen LogP) is 4.89. The highest BCUT2D eigenvalue weighted by Gasteiger charge is 2.32. The second-order valence-corrected chi connectivity index (χ2v) is 4.41. The van der Waals surface area contributed by atoms with E-state index in [1.807, 2.05) is 0 Å². The fraction of sp³-hybridized carbons (Fsp3) is 0.0667. The summed E-state index contributed by atoms with van der Waals surface area (Å²) < 4.78 is 43.9. The number of alkyl halides is 3. The van der Waals surface area contributed by atoms with Gasteiger partial charge >= 0.3 is 6.18 Å². The lowest BCUT2D eigenvalue weighted by atomic mass is 10.1. The first-order valence-electron chi connectivity index (χ1n) is 5.89. The number of rotatable bonds is 0. The molecule has 0 aromatic heterocycles. The second-order valence-electron chi connectivity index (χ2n) is 4.41. The van der Waals surface area contributed by atoms with Gasteiger partial charge < -0.3 is 10.1 Å². The lowest BCUT2D eigenvalue weighted by molar-refractivity contribution is -0.137. The average molecular weight is 277 g/mol. The van der Waals surface area contributed by atoms with Gasteiger partial charge in [0.2, 0.25) is 0 Å². The van der Waals surface area contributed by atoms with Gasteiger partial charge in [-0.1, -0.05) is 18.7 Å². The van der Waals surface area contributed by atoms with Crippen LogP contribution in [0.3, 0.4) is 0 Å². The molecule has 2 aromatic carbocycles. The molecule has 1 N–H and O–H groups in total. The van der Waals surface area contributed by atoms with Crippen molar-refractivity contribution in [1.29, 1.82) is 0 Å². The molecule has 0 spiro atoms. The molecule has 0 saturated carbocycles. The van der Waals surface area contributed by atoms with Crippen LogP contribution in [0.2, 0.25) is 0 Å². The summed E-state index contributed by atoms with van der Waals surface area (Å²) in [5.41, 5.74) is 0.929. The minimum Gasteiger partial charge on any atom is -0.454 e. The highest BCUT2D eigenvalue weighted by molar-refractivity contribution is 5.83. The molecule has 20 heavy (non-hydrogen) atoms. The van der Waals surface area contributed by atoms with Crippen molar-refractivity contribution >= 4 is 11.4 Å². The zero-order valence-electron chi connectivity index (χ0n) is 10.3. The summed E-state index contributed by atoms with van der Waals surface area (Å²) in [5, 5.41) is 3.04. The van der Waals surface area contributed by atoms with Crippen LogP contribution < -0.4 is 10.1 Å². The zero-order chi connectivity index (χ0) is 14.3. The molecule has 3 rings (SSSR count). The number of para-hydroxylation sites is 2. The molecular weight excluding hydrogens is 267 g/mol. The van der Waals surface area contributed by atoms with Crippen molar-refractivity contribution in [2.45, 2.75) is 6.18 Å². The Balaban J connectivity index is 2.13. The van der Waals surface area contributed by atoms with Crippen LogP contribution in [0.25, 0.3) is 5.70 Å². The molecule has 102 valence electrons. The van der Waals surface area contributed by atoms with Crippen molar-refractivity contribution in [2.24, 2.45) is 0 Å². The van der Waals surface area contributed by atoms with Crippen molar-refractivity contribution in [2.75, 3.05) is 5.32 Å². The molecular formula is C15H10F3NO. The number of fused-ring (bicyclic) bond motifs is 2. The molecule has 1 aliphatic heterocycles. The van der Waals surface area contributed by atoms with Crippen LogP contribution in [-0.2, 0) is 6.18 Å². The summed E-state index contributed by atoms with van der Waals surface area (Å²) in [6.07, 6.45) is -4.40. The molecule has 0 amide bonds. The Morgan fingerprint density at radius 1 is 1.00 bits per heavy atom. The Morgan fingerprint density at radius 3 is 2.50 bits per heavy atom. The van der Waals surface area contributed by atoms with Gasteiger partial charge in [-0.15, -0.1) is 0 Å². The molecule has 0 saturated heterocycles. The van der Waals surface area contributed by atoms with E-state index in [1.54, 1.807) is 24.3 Å². The van der Waals surface area contributed by atoms with Gasteiger partial charge in [0.1, 0.15) is 5.75 Å². The largest absolute Gasteiger partial charge is 0.454 e. The normalized spacial score (nSPS) is 13.7. The molecule has 0 aliphatic carbocycles. The van der Waals surface area contributed by atoms with Crippen LogP contribution >= 0.6 is 0 Å². The van der Waals surface area contributed by atoms with Gasteiger partial charge in [0, 0.05) is 11.3 Å². The first-order chi connectivity index (χ1) is 9.45. The molecule has 5 heteroatoms. The van der Waals surface area contributed by atoms with Crippen molar-refractivity contribution < 1.29 is 17.9 Å². The molecule has 1 aliphatic rings. The van der Waals surface area contributed by atoms with Gasteiger partial charge in [-0.2, -0.15) is 13.2 Å². The molecule has 2 aromatic rings. The Hall–Kier alpha value is -2.43. The molecule has 2 nitrogen and oxygen atoms in total. The molecule has 0 radical (unpaired) electrons. The molecule has 1 heterocycles. The van der Waals surface area contributed by atoms with E-state index in [4.69, 9.17) is 4.74 Å². The summed E-state index contributed by atoms with van der Waals surface area (Å²) in [4.78, 5) is 0. The van der Waals surface area contributed by atoms with Crippen molar-refractivity contribution in [1.82, 2.24) is 0 Å². The van der Waals surface area contributed by atoms with Crippen LogP contribution in [-0.4, -0.2) is 0 Å². The monoisotopic (exact) mass is 277 g/mol. The smallest absolute Gasteiger partial charge is 0.416 e. The number of halogens is 3. The van der Waals surface area contributed by atoms with Gasteiger partial charge in [0.25, 0.3) is 0 Å².